The fourth-order valence-electron chi connectivity index (χ4n) is 0.652. The summed E-state index contributed by atoms with van der Waals surface area (Å²) in [6, 6.07) is 0. The Bertz CT molecular complexity index is 51.5. The van der Waals surface area contributed by atoms with Crippen LogP contribution in [0.25, 0.3) is 0 Å². The van der Waals surface area contributed by atoms with Gasteiger partial charge in [-0.15, -0.1) is 0 Å². The molecule has 2 heteroatoms. The van der Waals surface area contributed by atoms with Crippen molar-refractivity contribution in [2.75, 3.05) is 19.8 Å². The van der Waals surface area contributed by atoms with Gasteiger partial charge in [0.1, 0.15) is 0 Å². The van der Waals surface area contributed by atoms with Gasteiger partial charge in [0.15, 0.2) is 0 Å². The molecule has 0 aliphatic carbocycles. The summed E-state index contributed by atoms with van der Waals surface area (Å²) in [6.45, 7) is 10.8. The van der Waals surface area contributed by atoms with Gasteiger partial charge in [0, 0.05) is 13.2 Å². The van der Waals surface area contributed by atoms with Crippen molar-refractivity contribution < 1.29 is 4.74 Å². The zero-order valence-electron chi connectivity index (χ0n) is 8.39. The lowest BCUT2D eigenvalue weighted by molar-refractivity contribution is 0.188. The van der Waals surface area contributed by atoms with Crippen LogP contribution in [0.4, 0.5) is 0 Å². The van der Waals surface area contributed by atoms with Crippen molar-refractivity contribution in [3.05, 3.63) is 0 Å². The first-order valence-electron chi connectivity index (χ1n) is 4.59. The summed E-state index contributed by atoms with van der Waals surface area (Å²) in [5.41, 5.74) is 4.85. The summed E-state index contributed by atoms with van der Waals surface area (Å²) in [6.07, 6.45) is 1.26. The maximum Gasteiger partial charge on any atom is 0.0492 e. The average molecular weight is 161 g/mol. The summed E-state index contributed by atoms with van der Waals surface area (Å²) in [5, 5.41) is 0. The lowest BCUT2D eigenvalue weighted by atomic mass is 10.2. The summed E-state index contributed by atoms with van der Waals surface area (Å²) in [7, 11) is 0. The van der Waals surface area contributed by atoms with Crippen LogP contribution in [0.3, 0.4) is 0 Å². The van der Waals surface area contributed by atoms with E-state index in [0.29, 0.717) is 0 Å². The van der Waals surface area contributed by atoms with Gasteiger partial charge in [0.05, 0.1) is 0 Å². The zero-order valence-corrected chi connectivity index (χ0v) is 8.39. The highest BCUT2D eigenvalue weighted by Crippen LogP contribution is 2.09. The maximum absolute atomic E-state index is 5.06. The Kier molecular flexibility index (Phi) is 15.4. The maximum atomic E-state index is 5.06. The summed E-state index contributed by atoms with van der Waals surface area (Å²) >= 11 is 0. The Morgan fingerprint density at radius 1 is 1.45 bits per heavy atom. The van der Waals surface area contributed by atoms with Crippen LogP contribution < -0.4 is 5.73 Å². The Labute approximate surface area is 71.1 Å². The molecule has 1 saturated heterocycles. The highest BCUT2D eigenvalue weighted by molar-refractivity contribution is 4.55. The third-order valence-corrected chi connectivity index (χ3v) is 1.16. The monoisotopic (exact) mass is 161 g/mol. The molecular formula is C9H23NO. The van der Waals surface area contributed by atoms with Crippen LogP contribution in [0.1, 0.15) is 34.1 Å². The molecule has 2 nitrogen and oxygen atoms in total. The van der Waals surface area contributed by atoms with E-state index in [4.69, 9.17) is 10.5 Å². The minimum atomic E-state index is 0.750. The van der Waals surface area contributed by atoms with E-state index in [1.54, 1.807) is 0 Å². The van der Waals surface area contributed by atoms with Gasteiger partial charge >= 0.3 is 0 Å². The van der Waals surface area contributed by atoms with Crippen molar-refractivity contribution in [3.63, 3.8) is 0 Å². The van der Waals surface area contributed by atoms with Crippen molar-refractivity contribution >= 4 is 0 Å². The molecule has 0 amide bonds. The molecule has 1 aliphatic heterocycles. The molecule has 1 fully saturated rings. The molecule has 1 atom stereocenters. The predicted octanol–water partition coefficient (Wildman–Crippen LogP) is 2.03. The van der Waals surface area contributed by atoms with Crippen LogP contribution in [0, 0.1) is 5.92 Å². The molecule has 1 rings (SSSR count). The quantitative estimate of drug-likeness (QED) is 0.590. The van der Waals surface area contributed by atoms with E-state index in [9.17, 15) is 0 Å². The first kappa shape index (κ1) is 13.5. The van der Waals surface area contributed by atoms with Gasteiger partial charge in [0.2, 0.25) is 0 Å². The van der Waals surface area contributed by atoms with Crippen molar-refractivity contribution in [2.24, 2.45) is 11.7 Å². The molecule has 0 aromatic heterocycles. The van der Waals surface area contributed by atoms with Gasteiger partial charge in [-0.3, -0.25) is 0 Å². The smallest absolute Gasteiger partial charge is 0.0492 e. The molecule has 0 bridgehead atoms. The Hall–Kier alpha value is -0.0800. The molecule has 11 heavy (non-hydrogen) atoms. The molecule has 0 aromatic carbocycles. The second-order valence-corrected chi connectivity index (χ2v) is 2.38. The minimum Gasteiger partial charge on any atom is -0.381 e. The number of hydrogen-bond acceptors (Lipinski definition) is 2. The molecule has 0 spiro atoms. The fraction of sp³-hybridized carbons (Fsp3) is 1.00. The standard InChI is InChI=1S/C5H10O.C2H7N.C2H6/c1-5-2-3-6-4-5;1-2-3;1-2/h5H,2-4H2,1H3;2-3H2,1H3;1-2H3. The molecule has 1 aliphatic rings. The van der Waals surface area contributed by atoms with Gasteiger partial charge in [-0.05, 0) is 18.9 Å². The average Bonchev–Trinajstić information content (AvgIpc) is 2.46. The molecule has 2 N–H and O–H groups in total. The SMILES string of the molecule is CC.CC1CCOC1.CCN. The fourth-order valence-corrected chi connectivity index (χ4v) is 0.652. The summed E-state index contributed by atoms with van der Waals surface area (Å²) in [5.74, 6) is 0.824. The highest BCUT2D eigenvalue weighted by atomic mass is 16.5. The molecule has 1 unspecified atom stereocenters. The van der Waals surface area contributed by atoms with Crippen molar-refractivity contribution in [3.8, 4) is 0 Å². The van der Waals surface area contributed by atoms with Crippen LogP contribution in [0.2, 0.25) is 0 Å². The molecule has 0 aromatic rings. The Morgan fingerprint density at radius 2 is 1.91 bits per heavy atom. The van der Waals surface area contributed by atoms with E-state index in [2.05, 4.69) is 6.92 Å². The van der Waals surface area contributed by atoms with Gasteiger partial charge in [-0.25, -0.2) is 0 Å². The highest BCUT2D eigenvalue weighted by Gasteiger charge is 2.07. The lowest BCUT2D eigenvalue weighted by Gasteiger charge is -1.89. The first-order chi connectivity index (χ1) is 5.31. The largest absolute Gasteiger partial charge is 0.381 e. The van der Waals surface area contributed by atoms with E-state index >= 15 is 0 Å². The third kappa shape index (κ3) is 13.0. The van der Waals surface area contributed by atoms with Crippen LogP contribution in [-0.4, -0.2) is 19.8 Å². The third-order valence-electron chi connectivity index (χ3n) is 1.16. The van der Waals surface area contributed by atoms with E-state index in [1.807, 2.05) is 20.8 Å². The van der Waals surface area contributed by atoms with Crippen molar-refractivity contribution in [2.45, 2.75) is 34.1 Å². The van der Waals surface area contributed by atoms with Crippen LogP contribution in [0.5, 0.6) is 0 Å². The Balaban J connectivity index is 0. The molecule has 0 radical (unpaired) electrons. The van der Waals surface area contributed by atoms with E-state index < -0.39 is 0 Å². The zero-order chi connectivity index (χ0) is 9.11. The number of nitrogens with two attached hydrogens (primary N) is 1. The van der Waals surface area contributed by atoms with E-state index in [0.717, 1.165) is 25.7 Å². The number of hydrogen-bond donors (Lipinski definition) is 1. The number of ether oxygens (including phenoxy) is 1. The minimum absolute atomic E-state index is 0.750. The van der Waals surface area contributed by atoms with Gasteiger partial charge in [-0.1, -0.05) is 27.7 Å². The van der Waals surface area contributed by atoms with Gasteiger partial charge < -0.3 is 10.5 Å². The van der Waals surface area contributed by atoms with Crippen LogP contribution in [0.15, 0.2) is 0 Å². The van der Waals surface area contributed by atoms with Crippen LogP contribution in [-0.2, 0) is 4.74 Å². The van der Waals surface area contributed by atoms with E-state index in [-0.39, 0.29) is 0 Å². The second kappa shape index (κ2) is 12.6. The van der Waals surface area contributed by atoms with Crippen LogP contribution >= 0.6 is 0 Å². The normalized spacial score (nSPS) is 21.0. The molecule has 1 heterocycles. The van der Waals surface area contributed by atoms with Crippen molar-refractivity contribution in [1.29, 1.82) is 0 Å². The molecule has 70 valence electrons. The molecule has 0 saturated carbocycles. The topological polar surface area (TPSA) is 35.2 Å². The summed E-state index contributed by atoms with van der Waals surface area (Å²) in [4.78, 5) is 0. The summed E-state index contributed by atoms with van der Waals surface area (Å²) < 4.78 is 5.06. The molecular weight excluding hydrogens is 138 g/mol. The van der Waals surface area contributed by atoms with Gasteiger partial charge in [-0.2, -0.15) is 0 Å². The van der Waals surface area contributed by atoms with E-state index in [1.165, 1.54) is 6.42 Å². The Morgan fingerprint density at radius 3 is 2.00 bits per heavy atom. The number of rotatable bonds is 0. The van der Waals surface area contributed by atoms with Gasteiger partial charge in [0.25, 0.3) is 0 Å². The lowest BCUT2D eigenvalue weighted by Crippen LogP contribution is -1.88. The second-order valence-electron chi connectivity index (χ2n) is 2.38. The first-order valence-corrected chi connectivity index (χ1v) is 4.59. The predicted molar refractivity (Wildman–Crippen MR) is 50.7 cm³/mol. The van der Waals surface area contributed by atoms with Crippen molar-refractivity contribution in [1.82, 2.24) is 0 Å².